The molecule has 1 aromatic rings. The Morgan fingerprint density at radius 3 is 2.24 bits per heavy atom. The van der Waals surface area contributed by atoms with Crippen LogP contribution in [0.2, 0.25) is 0 Å². The maximum Gasteiger partial charge on any atom is 0.330 e. The van der Waals surface area contributed by atoms with E-state index in [-0.39, 0.29) is 0 Å². The maximum absolute atomic E-state index is 11.9. The molecule has 0 spiro atoms. The van der Waals surface area contributed by atoms with Gasteiger partial charge in [0.15, 0.2) is 12.5 Å². The first-order chi connectivity index (χ1) is 15.7. The highest BCUT2D eigenvalue weighted by atomic mass is 31.3. The van der Waals surface area contributed by atoms with E-state index in [1.807, 2.05) is 4.98 Å². The number of hydrogen-bond acceptors (Lipinski definition) is 16. The van der Waals surface area contributed by atoms with Crippen molar-refractivity contribution < 1.29 is 67.3 Å². The third-order valence-corrected chi connectivity index (χ3v) is 7.32. The van der Waals surface area contributed by atoms with E-state index in [4.69, 9.17) is 14.6 Å². The lowest BCUT2D eigenvalue weighted by atomic mass is 10.1. The number of aliphatic hydroxyl groups excluding tert-OH is 5. The molecule has 18 nitrogen and oxygen atoms in total. The molecule has 0 aliphatic carbocycles. The Labute approximate surface area is 188 Å². The zero-order chi connectivity index (χ0) is 25.4. The van der Waals surface area contributed by atoms with Gasteiger partial charge in [0, 0.05) is 12.3 Å². The lowest BCUT2D eigenvalue weighted by Gasteiger charge is -2.33. The van der Waals surface area contributed by atoms with Crippen LogP contribution in [0.3, 0.4) is 0 Å². The summed E-state index contributed by atoms with van der Waals surface area (Å²) < 4.78 is 46.9. The second-order valence-corrected chi connectivity index (χ2v) is 10.1. The van der Waals surface area contributed by atoms with Gasteiger partial charge in [-0.1, -0.05) is 0 Å². The van der Waals surface area contributed by atoms with Crippen molar-refractivity contribution in [2.45, 2.75) is 49.1 Å². The fourth-order valence-corrected chi connectivity index (χ4v) is 5.21. The molecule has 2 fully saturated rings. The molecule has 0 bridgehead atoms. The number of rotatable bonds is 9. The number of aromatic amines is 1. The second kappa shape index (κ2) is 10.3. The Bertz CT molecular complexity index is 1080. The molecule has 2 aliphatic heterocycles. The first-order valence-electron chi connectivity index (χ1n) is 9.36. The van der Waals surface area contributed by atoms with Crippen LogP contribution in [-0.2, 0) is 32.0 Å². The molecule has 1 aromatic heterocycles. The Balaban J connectivity index is 1.60. The van der Waals surface area contributed by atoms with Crippen molar-refractivity contribution in [1.82, 2.24) is 9.55 Å². The molecule has 0 amide bonds. The summed E-state index contributed by atoms with van der Waals surface area (Å²) in [5.41, 5.74) is -1.75. The van der Waals surface area contributed by atoms with Gasteiger partial charge in [0.1, 0.15) is 36.6 Å². The van der Waals surface area contributed by atoms with Gasteiger partial charge in [-0.2, -0.15) is 0 Å². The van der Waals surface area contributed by atoms with E-state index in [2.05, 4.69) is 13.4 Å². The van der Waals surface area contributed by atoms with Gasteiger partial charge < -0.3 is 49.3 Å². The standard InChI is InChI=1S/C14H22N2O16P2/c17-3-5-8(19)11(22)13(30-5)31-34(26,27)32-33(24,25)28-4-6-9(20)10(21)12(29-6)16-2-1-7(18)15-14(16)23/h1-2,5-6,8-13,17,19-22H,3-4H2,(H,24,25)(H,26,27)(H,15,18,23)/p-2/t5-,6+,8-,9+,10+,11+,12+,13-/m0/s1. The number of nitrogens with one attached hydrogen (secondary N) is 1. The van der Waals surface area contributed by atoms with Crippen molar-refractivity contribution in [3.8, 4) is 0 Å². The fraction of sp³-hybridized carbons (Fsp3) is 0.714. The molecule has 10 atom stereocenters. The molecule has 20 heteroatoms. The van der Waals surface area contributed by atoms with Crippen molar-refractivity contribution in [1.29, 1.82) is 0 Å². The lowest BCUT2D eigenvalue weighted by Crippen LogP contribution is -2.37. The molecule has 3 rings (SSSR count). The van der Waals surface area contributed by atoms with E-state index >= 15 is 0 Å². The first kappa shape index (κ1) is 27.3. The van der Waals surface area contributed by atoms with E-state index in [1.54, 1.807) is 0 Å². The SMILES string of the molecule is O=c1ccn([C@@H]2O[C@H](COP(=O)([O-])OP(=O)([O-])O[C@@H]3O[C@@H](CO)[C@H](O)[C@H]3O)[C@@H](O)[C@H]2O)c(=O)[nH]1. The topological polar surface area (TPSA) is 282 Å². The number of aromatic nitrogens is 2. The van der Waals surface area contributed by atoms with Crippen molar-refractivity contribution >= 4 is 15.6 Å². The number of phosphoric ester groups is 2. The highest BCUT2D eigenvalue weighted by molar-refractivity contribution is 7.59. The fourth-order valence-electron chi connectivity index (χ4n) is 3.13. The van der Waals surface area contributed by atoms with Crippen LogP contribution < -0.4 is 21.0 Å². The Morgan fingerprint density at radius 1 is 1.00 bits per heavy atom. The quantitative estimate of drug-likeness (QED) is 0.161. The highest BCUT2D eigenvalue weighted by Crippen LogP contribution is 2.57. The summed E-state index contributed by atoms with van der Waals surface area (Å²) in [6, 6.07) is 0.923. The molecule has 34 heavy (non-hydrogen) atoms. The minimum atomic E-state index is -5.78. The minimum Gasteiger partial charge on any atom is -0.756 e. The van der Waals surface area contributed by atoms with Crippen LogP contribution in [0, 0.1) is 0 Å². The van der Waals surface area contributed by atoms with Crippen LogP contribution in [0.5, 0.6) is 0 Å². The maximum atomic E-state index is 11.9. The number of aliphatic hydroxyl groups is 5. The Kier molecular flexibility index (Phi) is 8.28. The van der Waals surface area contributed by atoms with Gasteiger partial charge in [0.2, 0.25) is 0 Å². The van der Waals surface area contributed by atoms with Crippen LogP contribution in [-0.4, -0.2) is 91.2 Å². The number of phosphoric acid groups is 2. The molecule has 6 N–H and O–H groups in total. The smallest absolute Gasteiger partial charge is 0.330 e. The van der Waals surface area contributed by atoms with Crippen molar-refractivity contribution in [3.63, 3.8) is 0 Å². The van der Waals surface area contributed by atoms with E-state index < -0.39 is 89.2 Å². The van der Waals surface area contributed by atoms with Gasteiger partial charge in [0.05, 0.1) is 13.2 Å². The average Bonchev–Trinajstić information content (AvgIpc) is 3.16. The Morgan fingerprint density at radius 2 is 1.65 bits per heavy atom. The van der Waals surface area contributed by atoms with Crippen molar-refractivity contribution in [2.24, 2.45) is 0 Å². The number of ether oxygens (including phenoxy) is 2. The molecule has 2 unspecified atom stereocenters. The predicted molar refractivity (Wildman–Crippen MR) is 98.3 cm³/mol. The largest absolute Gasteiger partial charge is 0.756 e. The monoisotopic (exact) mass is 534 g/mol. The zero-order valence-electron chi connectivity index (χ0n) is 16.8. The first-order valence-corrected chi connectivity index (χ1v) is 12.3. The molecule has 194 valence electrons. The molecule has 0 aromatic carbocycles. The summed E-state index contributed by atoms with van der Waals surface area (Å²) in [6.45, 7) is -1.89. The van der Waals surface area contributed by atoms with Gasteiger partial charge in [-0.05, 0) is 0 Å². The summed E-state index contributed by atoms with van der Waals surface area (Å²) in [4.78, 5) is 48.7. The predicted octanol–water partition coefficient (Wildman–Crippen LogP) is -5.42. The normalized spacial score (nSPS) is 37.4. The zero-order valence-corrected chi connectivity index (χ0v) is 18.5. The summed E-state index contributed by atoms with van der Waals surface area (Å²) in [5, 5.41) is 48.3. The Hall–Kier alpha value is -1.34. The van der Waals surface area contributed by atoms with Crippen molar-refractivity contribution in [2.75, 3.05) is 13.2 Å². The van der Waals surface area contributed by atoms with Crippen molar-refractivity contribution in [3.05, 3.63) is 33.1 Å². The molecule has 2 saturated heterocycles. The van der Waals surface area contributed by atoms with E-state index in [1.165, 1.54) is 0 Å². The molecule has 3 heterocycles. The highest BCUT2D eigenvalue weighted by Gasteiger charge is 2.46. The minimum absolute atomic E-state index is 0.712. The molecular weight excluding hydrogens is 514 g/mol. The average molecular weight is 534 g/mol. The lowest BCUT2D eigenvalue weighted by molar-refractivity contribution is -0.259. The molecule has 2 aliphatic rings. The van der Waals surface area contributed by atoms with Crippen LogP contribution in [0.25, 0.3) is 0 Å². The molecular formula is C14H20N2O16P2-2. The van der Waals surface area contributed by atoms with Gasteiger partial charge in [0.25, 0.3) is 21.2 Å². The summed E-state index contributed by atoms with van der Waals surface area (Å²) in [5.74, 6) is 0. The van der Waals surface area contributed by atoms with E-state index in [9.17, 15) is 48.9 Å². The van der Waals surface area contributed by atoms with E-state index in [0.717, 1.165) is 12.3 Å². The number of hydrogen-bond donors (Lipinski definition) is 6. The number of H-pyrrole nitrogens is 1. The van der Waals surface area contributed by atoms with Crippen LogP contribution in [0.1, 0.15) is 6.23 Å². The van der Waals surface area contributed by atoms with Crippen LogP contribution in [0.15, 0.2) is 21.9 Å². The third-order valence-electron chi connectivity index (χ3n) is 4.79. The number of nitrogens with zero attached hydrogens (tertiary/aromatic N) is 1. The van der Waals surface area contributed by atoms with E-state index in [0.29, 0.717) is 4.57 Å². The van der Waals surface area contributed by atoms with Crippen LogP contribution >= 0.6 is 15.6 Å². The summed E-state index contributed by atoms with van der Waals surface area (Å²) in [6.07, 6.45) is -13.0. The summed E-state index contributed by atoms with van der Waals surface area (Å²) in [7, 11) is -11.5. The van der Waals surface area contributed by atoms with Gasteiger partial charge in [-0.3, -0.25) is 28.0 Å². The van der Waals surface area contributed by atoms with Gasteiger partial charge in [-0.25, -0.2) is 9.11 Å². The van der Waals surface area contributed by atoms with Crippen LogP contribution in [0.4, 0.5) is 0 Å². The molecule has 0 saturated carbocycles. The summed E-state index contributed by atoms with van der Waals surface area (Å²) >= 11 is 0. The van der Waals surface area contributed by atoms with Gasteiger partial charge >= 0.3 is 5.69 Å². The van der Waals surface area contributed by atoms with Gasteiger partial charge in [-0.15, -0.1) is 0 Å². The second-order valence-electron chi connectivity index (χ2n) is 7.15. The molecule has 0 radical (unpaired) electrons. The third kappa shape index (κ3) is 6.07.